The Balaban J connectivity index is 2.61. The van der Waals surface area contributed by atoms with Crippen LogP contribution in [0.1, 0.15) is 52.9 Å². The van der Waals surface area contributed by atoms with Crippen molar-refractivity contribution in [1.82, 2.24) is 5.32 Å². The van der Waals surface area contributed by atoms with Crippen molar-refractivity contribution in [3.8, 4) is 5.75 Å². The number of ether oxygens (including phenoxy) is 1. The van der Waals surface area contributed by atoms with Crippen molar-refractivity contribution in [2.45, 2.75) is 58.9 Å². The molecule has 0 aromatic heterocycles. The molecule has 0 fully saturated rings. The number of carbonyl (C=O) groups excluding carboxylic acids is 1. The van der Waals surface area contributed by atoms with Gasteiger partial charge in [0.2, 0.25) is 34.8 Å². The lowest BCUT2D eigenvalue weighted by atomic mass is 10.2. The van der Waals surface area contributed by atoms with Crippen molar-refractivity contribution in [1.29, 1.82) is 0 Å². The number of benzene rings is 1. The lowest BCUT2D eigenvalue weighted by Crippen LogP contribution is -2.46. The van der Waals surface area contributed by atoms with Crippen LogP contribution in [-0.2, 0) is 13.3 Å². The molecule has 0 aliphatic carbocycles. The van der Waals surface area contributed by atoms with E-state index in [0.717, 1.165) is 19.3 Å². The molecule has 0 unspecified atom stereocenters. The molecule has 184 valence electrons. The first-order valence-corrected chi connectivity index (χ1v) is 12.5. The third-order valence-corrected chi connectivity index (χ3v) is 7.02. The molecule has 0 spiro atoms. The highest BCUT2D eigenvalue weighted by Gasteiger charge is 2.40. The largest absolute Gasteiger partial charge is 0.500 e. The Morgan fingerprint density at radius 2 is 1.19 bits per heavy atom. The maximum absolute atomic E-state index is 13.6. The second-order valence-electron chi connectivity index (χ2n) is 6.90. The van der Waals surface area contributed by atoms with Gasteiger partial charge in [0, 0.05) is 32.4 Å². The molecule has 0 saturated heterocycles. The number of rotatable bonds is 15. The van der Waals surface area contributed by atoms with E-state index in [0.29, 0.717) is 38.7 Å². The predicted octanol–water partition coefficient (Wildman–Crippen LogP) is 5.47. The Labute approximate surface area is 185 Å². The minimum Gasteiger partial charge on any atom is -0.404 e. The van der Waals surface area contributed by atoms with Gasteiger partial charge in [0.15, 0.2) is 0 Å². The molecule has 0 bridgehead atoms. The summed E-state index contributed by atoms with van der Waals surface area (Å²) in [6, 6.07) is 0.501. The SMILES string of the molecule is CCCO[Si](CCCCNC(=O)Oc1c(F)c(F)c(F)c(F)c1F)(OCCC)OCCC. The molecule has 0 atom stereocenters. The summed E-state index contributed by atoms with van der Waals surface area (Å²) in [4.78, 5) is 11.7. The third-order valence-electron chi connectivity index (χ3n) is 4.12. The Morgan fingerprint density at radius 1 is 0.750 bits per heavy atom. The molecular formula is C20H30F5NO5Si. The summed E-state index contributed by atoms with van der Waals surface area (Å²) in [5.74, 6) is -12.8. The molecule has 0 radical (unpaired) electrons. The number of carbonyl (C=O) groups is 1. The van der Waals surface area contributed by atoms with Crippen molar-refractivity contribution < 1.29 is 44.8 Å². The van der Waals surface area contributed by atoms with Gasteiger partial charge in [-0.15, -0.1) is 0 Å². The summed E-state index contributed by atoms with van der Waals surface area (Å²) in [5.41, 5.74) is 0. The smallest absolute Gasteiger partial charge is 0.404 e. The van der Waals surface area contributed by atoms with E-state index in [1.807, 2.05) is 20.8 Å². The molecule has 0 aliphatic rings. The summed E-state index contributed by atoms with van der Waals surface area (Å²) in [7, 11) is -2.89. The van der Waals surface area contributed by atoms with Gasteiger partial charge >= 0.3 is 14.9 Å². The number of amides is 1. The average Bonchev–Trinajstić information content (AvgIpc) is 2.79. The standard InChI is InChI=1S/C20H30F5NO5Si/c1-4-10-28-32(29-11-5-2,30-12-6-3)13-8-7-9-26-20(27)31-19-17(24)15(22)14(21)16(23)18(19)25/h4-13H2,1-3H3,(H,26,27). The zero-order valence-electron chi connectivity index (χ0n) is 18.5. The Hall–Kier alpha value is -1.76. The lowest BCUT2D eigenvalue weighted by Gasteiger charge is -2.29. The average molecular weight is 488 g/mol. The number of nitrogens with one attached hydrogen (secondary N) is 1. The van der Waals surface area contributed by atoms with E-state index in [1.165, 1.54) is 0 Å². The maximum atomic E-state index is 13.6. The molecule has 1 rings (SSSR count). The predicted molar refractivity (Wildman–Crippen MR) is 109 cm³/mol. The Morgan fingerprint density at radius 3 is 1.62 bits per heavy atom. The van der Waals surface area contributed by atoms with E-state index in [2.05, 4.69) is 10.1 Å². The fourth-order valence-corrected chi connectivity index (χ4v) is 5.49. The number of hydrogen-bond acceptors (Lipinski definition) is 5. The number of halogens is 5. The maximum Gasteiger partial charge on any atom is 0.500 e. The molecule has 32 heavy (non-hydrogen) atoms. The monoisotopic (exact) mass is 487 g/mol. The second-order valence-corrected chi connectivity index (χ2v) is 9.63. The molecule has 12 heteroatoms. The van der Waals surface area contributed by atoms with Gasteiger partial charge in [-0.3, -0.25) is 0 Å². The highest BCUT2D eigenvalue weighted by molar-refractivity contribution is 6.60. The van der Waals surface area contributed by atoms with E-state index in [-0.39, 0.29) is 6.54 Å². The van der Waals surface area contributed by atoms with Gasteiger partial charge in [-0.25, -0.2) is 18.0 Å². The van der Waals surface area contributed by atoms with E-state index >= 15 is 0 Å². The minimum absolute atomic E-state index is 0.0358. The summed E-state index contributed by atoms with van der Waals surface area (Å²) >= 11 is 0. The fourth-order valence-electron chi connectivity index (χ4n) is 2.57. The van der Waals surface area contributed by atoms with Crippen LogP contribution < -0.4 is 10.1 Å². The summed E-state index contributed by atoms with van der Waals surface area (Å²) in [6.45, 7) is 7.43. The molecule has 0 saturated carbocycles. The number of unbranched alkanes of at least 4 members (excludes halogenated alkanes) is 1. The van der Waals surface area contributed by atoms with Gasteiger partial charge < -0.3 is 23.3 Å². The zero-order valence-corrected chi connectivity index (χ0v) is 19.5. The van der Waals surface area contributed by atoms with Crippen LogP contribution in [0.15, 0.2) is 0 Å². The molecule has 1 amide bonds. The van der Waals surface area contributed by atoms with Crippen molar-refractivity contribution in [3.05, 3.63) is 29.1 Å². The Kier molecular flexibility index (Phi) is 12.7. The van der Waals surface area contributed by atoms with Crippen LogP contribution >= 0.6 is 0 Å². The minimum atomic E-state index is -2.89. The normalized spacial score (nSPS) is 11.6. The van der Waals surface area contributed by atoms with Crippen LogP contribution in [0.2, 0.25) is 6.04 Å². The van der Waals surface area contributed by atoms with E-state index in [4.69, 9.17) is 13.3 Å². The first-order valence-electron chi connectivity index (χ1n) is 10.6. The molecular weight excluding hydrogens is 457 g/mol. The van der Waals surface area contributed by atoms with Crippen molar-refractivity contribution >= 4 is 14.9 Å². The van der Waals surface area contributed by atoms with Gasteiger partial charge in [0.05, 0.1) is 0 Å². The van der Waals surface area contributed by atoms with Crippen LogP contribution in [0.3, 0.4) is 0 Å². The van der Waals surface area contributed by atoms with Gasteiger partial charge in [-0.2, -0.15) is 8.78 Å². The van der Waals surface area contributed by atoms with Crippen LogP contribution in [0.4, 0.5) is 26.7 Å². The first-order chi connectivity index (χ1) is 15.2. The summed E-state index contributed by atoms with van der Waals surface area (Å²) < 4.78 is 88.7. The van der Waals surface area contributed by atoms with E-state index < -0.39 is 49.7 Å². The summed E-state index contributed by atoms with van der Waals surface area (Å²) in [6.07, 6.45) is 2.01. The second kappa shape index (κ2) is 14.4. The van der Waals surface area contributed by atoms with Crippen molar-refractivity contribution in [3.63, 3.8) is 0 Å². The van der Waals surface area contributed by atoms with E-state index in [9.17, 15) is 26.7 Å². The molecule has 1 N–H and O–H groups in total. The molecule has 6 nitrogen and oxygen atoms in total. The van der Waals surface area contributed by atoms with E-state index in [1.54, 1.807) is 0 Å². The highest BCUT2D eigenvalue weighted by Crippen LogP contribution is 2.29. The highest BCUT2D eigenvalue weighted by atomic mass is 28.4. The third kappa shape index (κ3) is 8.30. The Bertz CT molecular complexity index is 690. The molecule has 0 aliphatic heterocycles. The van der Waals surface area contributed by atoms with Crippen LogP contribution in [0.5, 0.6) is 5.75 Å². The van der Waals surface area contributed by atoms with Crippen molar-refractivity contribution in [2.75, 3.05) is 26.4 Å². The van der Waals surface area contributed by atoms with Crippen LogP contribution in [-0.4, -0.2) is 41.3 Å². The van der Waals surface area contributed by atoms with Gasteiger partial charge in [-0.05, 0) is 32.1 Å². The van der Waals surface area contributed by atoms with Gasteiger partial charge in [0.1, 0.15) is 0 Å². The molecule has 0 heterocycles. The van der Waals surface area contributed by atoms with Crippen LogP contribution in [0.25, 0.3) is 0 Å². The molecule has 1 aromatic rings. The zero-order chi connectivity index (χ0) is 24.1. The van der Waals surface area contributed by atoms with Gasteiger partial charge in [0.25, 0.3) is 0 Å². The molecule has 1 aromatic carbocycles. The quantitative estimate of drug-likeness (QED) is 0.117. The fraction of sp³-hybridized carbons (Fsp3) is 0.650. The van der Waals surface area contributed by atoms with Gasteiger partial charge in [-0.1, -0.05) is 20.8 Å². The van der Waals surface area contributed by atoms with Crippen LogP contribution in [0, 0.1) is 29.1 Å². The number of hydrogen-bond donors (Lipinski definition) is 1. The topological polar surface area (TPSA) is 66.0 Å². The lowest BCUT2D eigenvalue weighted by molar-refractivity contribution is 0.0587. The van der Waals surface area contributed by atoms with Crippen molar-refractivity contribution in [2.24, 2.45) is 0 Å². The first kappa shape index (κ1) is 28.3. The summed E-state index contributed by atoms with van der Waals surface area (Å²) in [5, 5.41) is 2.21.